The van der Waals surface area contributed by atoms with E-state index in [9.17, 15) is 9.90 Å². The predicted octanol–water partition coefficient (Wildman–Crippen LogP) is 2.08. The van der Waals surface area contributed by atoms with Crippen LogP contribution >= 0.6 is 0 Å². The third-order valence-electron chi connectivity index (χ3n) is 2.01. The summed E-state index contributed by atoms with van der Waals surface area (Å²) in [5.74, 6) is 0.0444. The molecular weight excluding hydrogens is 152 g/mol. The van der Waals surface area contributed by atoms with Gasteiger partial charge >= 0.3 is 0 Å². The lowest BCUT2D eigenvalue weighted by atomic mass is 9.97. The number of phenolic OH excluding ortho intramolecular Hbond substituents is 1. The molecule has 0 saturated heterocycles. The Labute approximate surface area is 71.8 Å². The number of phenols is 1. The van der Waals surface area contributed by atoms with Crippen molar-refractivity contribution in [2.45, 2.75) is 19.8 Å². The van der Waals surface area contributed by atoms with E-state index in [0.717, 1.165) is 0 Å². The highest BCUT2D eigenvalue weighted by Crippen LogP contribution is 2.25. The first-order valence-electron chi connectivity index (χ1n) is 3.91. The van der Waals surface area contributed by atoms with E-state index in [4.69, 9.17) is 0 Å². The average molecular weight is 164 g/mol. The molecule has 0 spiro atoms. The smallest absolute Gasteiger partial charge is 0.137 e. The largest absolute Gasteiger partial charge is 0.508 e. The maximum absolute atomic E-state index is 11.0. The predicted molar refractivity (Wildman–Crippen MR) is 47.2 cm³/mol. The second kappa shape index (κ2) is 3.39. The van der Waals surface area contributed by atoms with Crippen LogP contribution in [-0.4, -0.2) is 10.9 Å². The molecule has 0 aliphatic carbocycles. The van der Waals surface area contributed by atoms with Crippen LogP contribution in [0.3, 0.4) is 0 Å². The summed E-state index contributed by atoms with van der Waals surface area (Å²) in [6.07, 6.45) is 0. The van der Waals surface area contributed by atoms with Gasteiger partial charge in [-0.15, -0.1) is 0 Å². The van der Waals surface area contributed by atoms with Gasteiger partial charge in [-0.2, -0.15) is 0 Å². The first kappa shape index (κ1) is 8.78. The van der Waals surface area contributed by atoms with Crippen LogP contribution in [0.15, 0.2) is 24.3 Å². The minimum atomic E-state index is -0.216. The van der Waals surface area contributed by atoms with Crippen molar-refractivity contribution in [2.75, 3.05) is 0 Å². The summed E-state index contributed by atoms with van der Waals surface area (Å²) in [4.78, 5) is 11.0. The second-order valence-corrected chi connectivity index (χ2v) is 2.89. The molecule has 0 saturated carbocycles. The van der Waals surface area contributed by atoms with Crippen LogP contribution in [0.5, 0.6) is 5.75 Å². The van der Waals surface area contributed by atoms with E-state index < -0.39 is 0 Å². The van der Waals surface area contributed by atoms with Gasteiger partial charge in [0.05, 0.1) is 0 Å². The van der Waals surface area contributed by atoms with Gasteiger partial charge in [-0.05, 0) is 13.0 Å². The molecule has 0 heterocycles. The molecule has 0 unspecified atom stereocenters. The molecule has 0 aliphatic rings. The number of carbonyl (C=O) groups excluding carboxylic acids is 1. The zero-order chi connectivity index (χ0) is 9.14. The molecule has 0 aromatic heterocycles. The van der Waals surface area contributed by atoms with E-state index in [-0.39, 0.29) is 17.5 Å². The fraction of sp³-hybridized carbons (Fsp3) is 0.300. The Bertz CT molecular complexity index is 292. The quantitative estimate of drug-likeness (QED) is 0.726. The lowest BCUT2D eigenvalue weighted by Gasteiger charge is -2.08. The lowest BCUT2D eigenvalue weighted by Crippen LogP contribution is -2.03. The van der Waals surface area contributed by atoms with Crippen molar-refractivity contribution in [3.05, 3.63) is 29.8 Å². The minimum absolute atomic E-state index is 0.0662. The number of carbonyl (C=O) groups is 1. The molecule has 1 aromatic rings. The monoisotopic (exact) mass is 164 g/mol. The van der Waals surface area contributed by atoms with E-state index in [1.165, 1.54) is 6.92 Å². The SMILES string of the molecule is CC(=O)[C@@H](C)c1ccccc1O. The maximum atomic E-state index is 11.0. The molecule has 0 aliphatic heterocycles. The van der Waals surface area contributed by atoms with Crippen LogP contribution in [-0.2, 0) is 4.79 Å². The summed E-state index contributed by atoms with van der Waals surface area (Å²) < 4.78 is 0. The van der Waals surface area contributed by atoms with Crippen molar-refractivity contribution < 1.29 is 9.90 Å². The summed E-state index contributed by atoms with van der Waals surface area (Å²) in [6.45, 7) is 3.31. The normalized spacial score (nSPS) is 12.5. The van der Waals surface area contributed by atoms with Gasteiger partial charge in [-0.3, -0.25) is 4.79 Å². The van der Waals surface area contributed by atoms with E-state index in [1.54, 1.807) is 25.1 Å². The molecule has 1 N–H and O–H groups in total. The van der Waals surface area contributed by atoms with Crippen LogP contribution in [0.1, 0.15) is 25.3 Å². The van der Waals surface area contributed by atoms with Gasteiger partial charge in [0.25, 0.3) is 0 Å². The third-order valence-corrected chi connectivity index (χ3v) is 2.01. The number of Topliss-reactive ketones (excluding diaryl/α,β-unsaturated/α-hetero) is 1. The molecule has 12 heavy (non-hydrogen) atoms. The van der Waals surface area contributed by atoms with Gasteiger partial charge in [0, 0.05) is 11.5 Å². The summed E-state index contributed by atoms with van der Waals surface area (Å²) in [5.41, 5.74) is 0.699. The lowest BCUT2D eigenvalue weighted by molar-refractivity contribution is -0.118. The van der Waals surface area contributed by atoms with Crippen molar-refractivity contribution in [3.63, 3.8) is 0 Å². The zero-order valence-corrected chi connectivity index (χ0v) is 7.24. The van der Waals surface area contributed by atoms with Crippen LogP contribution in [0, 0.1) is 0 Å². The van der Waals surface area contributed by atoms with E-state index >= 15 is 0 Å². The Morgan fingerprint density at radius 1 is 1.42 bits per heavy atom. The number of benzene rings is 1. The number of hydrogen-bond acceptors (Lipinski definition) is 2. The number of para-hydroxylation sites is 1. The molecule has 1 rings (SSSR count). The topological polar surface area (TPSA) is 37.3 Å². The minimum Gasteiger partial charge on any atom is -0.508 e. The Balaban J connectivity index is 3.02. The van der Waals surface area contributed by atoms with Crippen LogP contribution in [0.25, 0.3) is 0 Å². The van der Waals surface area contributed by atoms with Crippen molar-refractivity contribution >= 4 is 5.78 Å². The van der Waals surface area contributed by atoms with Gasteiger partial charge in [0.1, 0.15) is 11.5 Å². The molecule has 0 bridgehead atoms. The maximum Gasteiger partial charge on any atom is 0.137 e. The highest BCUT2D eigenvalue weighted by molar-refractivity contribution is 5.83. The first-order valence-corrected chi connectivity index (χ1v) is 3.91. The van der Waals surface area contributed by atoms with Gasteiger partial charge in [0.2, 0.25) is 0 Å². The molecular formula is C10H12O2. The molecule has 2 heteroatoms. The average Bonchev–Trinajstić information content (AvgIpc) is 2.04. The standard InChI is InChI=1S/C10H12O2/c1-7(8(2)11)9-5-3-4-6-10(9)12/h3-7,12H,1-2H3/t7-/m1/s1. The van der Waals surface area contributed by atoms with Crippen LogP contribution in [0.4, 0.5) is 0 Å². The summed E-state index contributed by atoms with van der Waals surface area (Å²) in [6, 6.07) is 6.91. The Hall–Kier alpha value is -1.31. The number of rotatable bonds is 2. The highest BCUT2D eigenvalue weighted by Gasteiger charge is 2.13. The summed E-state index contributed by atoms with van der Waals surface area (Å²) in [7, 11) is 0. The number of aromatic hydroxyl groups is 1. The molecule has 1 aromatic carbocycles. The second-order valence-electron chi connectivity index (χ2n) is 2.89. The van der Waals surface area contributed by atoms with Crippen LogP contribution < -0.4 is 0 Å². The first-order chi connectivity index (χ1) is 5.63. The zero-order valence-electron chi connectivity index (χ0n) is 7.24. The molecule has 0 radical (unpaired) electrons. The van der Waals surface area contributed by atoms with E-state index in [2.05, 4.69) is 0 Å². The van der Waals surface area contributed by atoms with E-state index in [1.807, 2.05) is 6.07 Å². The molecule has 64 valence electrons. The highest BCUT2D eigenvalue weighted by atomic mass is 16.3. The Kier molecular flexibility index (Phi) is 2.48. The van der Waals surface area contributed by atoms with Gasteiger partial charge < -0.3 is 5.11 Å². The van der Waals surface area contributed by atoms with Gasteiger partial charge in [0.15, 0.2) is 0 Å². The molecule has 2 nitrogen and oxygen atoms in total. The van der Waals surface area contributed by atoms with Crippen molar-refractivity contribution in [2.24, 2.45) is 0 Å². The van der Waals surface area contributed by atoms with E-state index in [0.29, 0.717) is 5.56 Å². The van der Waals surface area contributed by atoms with Crippen molar-refractivity contribution in [1.29, 1.82) is 0 Å². The summed E-state index contributed by atoms with van der Waals surface area (Å²) in [5, 5.41) is 9.38. The molecule has 0 amide bonds. The Morgan fingerprint density at radius 3 is 2.50 bits per heavy atom. The van der Waals surface area contributed by atoms with Crippen molar-refractivity contribution in [3.8, 4) is 5.75 Å². The van der Waals surface area contributed by atoms with Gasteiger partial charge in [-0.25, -0.2) is 0 Å². The Morgan fingerprint density at radius 2 is 2.00 bits per heavy atom. The number of hydrogen-bond donors (Lipinski definition) is 1. The fourth-order valence-electron chi connectivity index (χ4n) is 1.07. The number of ketones is 1. The molecule has 0 fully saturated rings. The van der Waals surface area contributed by atoms with Crippen LogP contribution in [0.2, 0.25) is 0 Å². The summed E-state index contributed by atoms with van der Waals surface area (Å²) >= 11 is 0. The third kappa shape index (κ3) is 1.64. The molecule has 1 atom stereocenters. The fourth-order valence-corrected chi connectivity index (χ4v) is 1.07. The van der Waals surface area contributed by atoms with Gasteiger partial charge in [-0.1, -0.05) is 25.1 Å². The van der Waals surface area contributed by atoms with Crippen molar-refractivity contribution in [1.82, 2.24) is 0 Å².